The average Bonchev–Trinajstić information content (AvgIpc) is 2.43. The Morgan fingerprint density at radius 3 is 2.71 bits per heavy atom. The van der Waals surface area contributed by atoms with Gasteiger partial charge in [0.05, 0.1) is 15.1 Å². The topological polar surface area (TPSA) is 71.1 Å². The fourth-order valence-electron chi connectivity index (χ4n) is 1.91. The first-order valence-corrected chi connectivity index (χ1v) is 8.58. The second-order valence-corrected chi connectivity index (χ2v) is 7.10. The van der Waals surface area contributed by atoms with Gasteiger partial charge in [0.25, 0.3) is 10.0 Å². The smallest absolute Gasteiger partial charge is 0.262 e. The van der Waals surface area contributed by atoms with Gasteiger partial charge in [-0.25, -0.2) is 8.42 Å². The minimum absolute atomic E-state index is 0.277. The number of pyridine rings is 1. The van der Waals surface area contributed by atoms with Gasteiger partial charge < -0.3 is 5.32 Å². The van der Waals surface area contributed by atoms with Gasteiger partial charge in [0.15, 0.2) is 0 Å². The molecule has 0 saturated heterocycles. The molecule has 0 fully saturated rings. The van der Waals surface area contributed by atoms with Gasteiger partial charge >= 0.3 is 0 Å². The maximum atomic E-state index is 12.6. The number of aryl methyl sites for hydroxylation is 1. The van der Waals surface area contributed by atoms with Gasteiger partial charge in [0.2, 0.25) is 0 Å². The maximum absolute atomic E-state index is 12.6. The standard InChI is InChI=1S/C14H16BrN3O2S/c1-10-3-4-11(8-16-2)7-14(10)21(19,20)18-13-5-6-17-9-12(13)15/h3-7,9,16H,8H2,1-2H3,(H,17,18). The zero-order valence-corrected chi connectivity index (χ0v) is 14.1. The molecule has 0 amide bonds. The lowest BCUT2D eigenvalue weighted by Crippen LogP contribution is -2.15. The first-order valence-electron chi connectivity index (χ1n) is 6.30. The van der Waals surface area contributed by atoms with Crippen LogP contribution in [0.2, 0.25) is 0 Å². The molecule has 7 heteroatoms. The monoisotopic (exact) mass is 369 g/mol. The van der Waals surface area contributed by atoms with Crippen molar-refractivity contribution in [3.63, 3.8) is 0 Å². The fraction of sp³-hybridized carbons (Fsp3) is 0.214. The minimum atomic E-state index is -3.64. The van der Waals surface area contributed by atoms with Crippen LogP contribution in [0, 0.1) is 6.92 Å². The van der Waals surface area contributed by atoms with E-state index in [2.05, 4.69) is 31.0 Å². The Hall–Kier alpha value is -1.44. The highest BCUT2D eigenvalue weighted by Gasteiger charge is 2.18. The van der Waals surface area contributed by atoms with Crippen LogP contribution in [0.15, 0.2) is 46.0 Å². The van der Waals surface area contributed by atoms with Crippen LogP contribution in [0.1, 0.15) is 11.1 Å². The third-order valence-electron chi connectivity index (χ3n) is 2.94. The van der Waals surface area contributed by atoms with Gasteiger partial charge in [0.1, 0.15) is 0 Å². The number of anilines is 1. The molecule has 1 heterocycles. The predicted molar refractivity (Wildman–Crippen MR) is 86.7 cm³/mol. The fourth-order valence-corrected chi connectivity index (χ4v) is 3.76. The molecule has 2 N–H and O–H groups in total. The Balaban J connectivity index is 2.40. The van der Waals surface area contributed by atoms with Gasteiger partial charge in [-0.1, -0.05) is 12.1 Å². The molecule has 2 aromatic rings. The summed E-state index contributed by atoms with van der Waals surface area (Å²) in [5.74, 6) is 0. The number of aromatic nitrogens is 1. The molecule has 0 saturated carbocycles. The number of hydrogen-bond donors (Lipinski definition) is 2. The molecule has 0 bridgehead atoms. The van der Waals surface area contributed by atoms with E-state index in [9.17, 15) is 8.42 Å². The van der Waals surface area contributed by atoms with E-state index in [0.29, 0.717) is 22.3 Å². The Labute approximate surface area is 133 Å². The molecule has 0 spiro atoms. The van der Waals surface area contributed by atoms with Crippen LogP contribution in [-0.2, 0) is 16.6 Å². The summed E-state index contributed by atoms with van der Waals surface area (Å²) in [6.07, 6.45) is 3.08. The first kappa shape index (κ1) is 15.9. The second-order valence-electron chi connectivity index (χ2n) is 4.59. The van der Waals surface area contributed by atoms with E-state index in [1.165, 1.54) is 6.20 Å². The summed E-state index contributed by atoms with van der Waals surface area (Å²) < 4.78 is 28.3. The van der Waals surface area contributed by atoms with Crippen molar-refractivity contribution >= 4 is 31.6 Å². The summed E-state index contributed by atoms with van der Waals surface area (Å²) in [4.78, 5) is 4.19. The van der Waals surface area contributed by atoms with Crippen LogP contribution >= 0.6 is 15.9 Å². The molecule has 0 unspecified atom stereocenters. The molecule has 0 aliphatic rings. The zero-order valence-electron chi connectivity index (χ0n) is 11.7. The number of benzene rings is 1. The normalized spacial score (nSPS) is 11.4. The molecule has 1 aromatic heterocycles. The van der Waals surface area contributed by atoms with Gasteiger partial charge in [-0.15, -0.1) is 0 Å². The van der Waals surface area contributed by atoms with Crippen LogP contribution in [0.5, 0.6) is 0 Å². The minimum Gasteiger partial charge on any atom is -0.316 e. The zero-order chi connectivity index (χ0) is 15.5. The molecule has 21 heavy (non-hydrogen) atoms. The van der Waals surface area contributed by atoms with Crippen LogP contribution in [0.25, 0.3) is 0 Å². The third kappa shape index (κ3) is 3.81. The van der Waals surface area contributed by atoms with Crippen molar-refractivity contribution in [1.29, 1.82) is 0 Å². The van der Waals surface area contributed by atoms with Gasteiger partial charge in [-0.05, 0) is 53.2 Å². The van der Waals surface area contributed by atoms with E-state index < -0.39 is 10.0 Å². The molecule has 1 aromatic carbocycles. The van der Waals surface area contributed by atoms with Crippen molar-refractivity contribution in [2.75, 3.05) is 11.8 Å². The lowest BCUT2D eigenvalue weighted by Gasteiger charge is -2.12. The quantitative estimate of drug-likeness (QED) is 0.849. The number of nitrogens with one attached hydrogen (secondary N) is 2. The highest BCUT2D eigenvalue weighted by atomic mass is 79.9. The van der Waals surface area contributed by atoms with Crippen molar-refractivity contribution in [3.8, 4) is 0 Å². The number of sulfonamides is 1. The van der Waals surface area contributed by atoms with Gasteiger partial charge in [-0.2, -0.15) is 0 Å². The summed E-state index contributed by atoms with van der Waals surface area (Å²) in [5.41, 5.74) is 2.08. The molecule has 0 atom stereocenters. The molecule has 0 aliphatic heterocycles. The Kier molecular flexibility index (Phi) is 4.97. The highest BCUT2D eigenvalue weighted by Crippen LogP contribution is 2.25. The number of hydrogen-bond acceptors (Lipinski definition) is 4. The molecule has 0 radical (unpaired) electrons. The lowest BCUT2D eigenvalue weighted by molar-refractivity contribution is 0.600. The second kappa shape index (κ2) is 6.55. The molecular formula is C14H16BrN3O2S. The summed E-state index contributed by atoms with van der Waals surface area (Å²) in [7, 11) is -1.82. The van der Waals surface area contributed by atoms with Gasteiger partial charge in [-0.3, -0.25) is 9.71 Å². The van der Waals surface area contributed by atoms with Crippen LogP contribution in [-0.4, -0.2) is 20.4 Å². The maximum Gasteiger partial charge on any atom is 0.262 e. The molecular weight excluding hydrogens is 354 g/mol. The molecule has 0 aliphatic carbocycles. The van der Waals surface area contributed by atoms with Crippen molar-refractivity contribution in [3.05, 3.63) is 52.3 Å². The van der Waals surface area contributed by atoms with E-state index in [-0.39, 0.29) is 4.90 Å². The van der Waals surface area contributed by atoms with Gasteiger partial charge in [0, 0.05) is 18.9 Å². The largest absolute Gasteiger partial charge is 0.316 e. The van der Waals surface area contributed by atoms with E-state index in [1.807, 2.05) is 19.2 Å². The van der Waals surface area contributed by atoms with Crippen LogP contribution in [0.3, 0.4) is 0 Å². The lowest BCUT2D eigenvalue weighted by atomic mass is 10.1. The van der Waals surface area contributed by atoms with Crippen LogP contribution < -0.4 is 10.0 Å². The number of halogens is 1. The van der Waals surface area contributed by atoms with Crippen molar-refractivity contribution in [1.82, 2.24) is 10.3 Å². The Morgan fingerprint density at radius 2 is 2.05 bits per heavy atom. The molecule has 5 nitrogen and oxygen atoms in total. The van der Waals surface area contributed by atoms with E-state index in [0.717, 1.165) is 5.56 Å². The highest BCUT2D eigenvalue weighted by molar-refractivity contribution is 9.10. The van der Waals surface area contributed by atoms with E-state index >= 15 is 0 Å². The predicted octanol–water partition coefficient (Wildman–Crippen LogP) is 2.67. The summed E-state index contributed by atoms with van der Waals surface area (Å²) in [5, 5.41) is 3.01. The third-order valence-corrected chi connectivity index (χ3v) is 5.08. The molecule has 2 rings (SSSR count). The Bertz CT molecular complexity index is 748. The number of rotatable bonds is 5. The molecule has 112 valence electrons. The van der Waals surface area contributed by atoms with Crippen molar-refractivity contribution in [2.24, 2.45) is 0 Å². The Morgan fingerprint density at radius 1 is 1.29 bits per heavy atom. The van der Waals surface area contributed by atoms with E-state index in [4.69, 9.17) is 0 Å². The van der Waals surface area contributed by atoms with Crippen molar-refractivity contribution < 1.29 is 8.42 Å². The summed E-state index contributed by atoms with van der Waals surface area (Å²) in [6.45, 7) is 2.39. The number of nitrogens with zero attached hydrogens (tertiary/aromatic N) is 1. The average molecular weight is 370 g/mol. The summed E-state index contributed by atoms with van der Waals surface area (Å²) >= 11 is 3.28. The van der Waals surface area contributed by atoms with Crippen LogP contribution in [0.4, 0.5) is 5.69 Å². The SMILES string of the molecule is CNCc1ccc(C)c(S(=O)(=O)Nc2ccncc2Br)c1. The van der Waals surface area contributed by atoms with E-state index in [1.54, 1.807) is 25.3 Å². The first-order chi connectivity index (χ1) is 9.94. The van der Waals surface area contributed by atoms with Crippen molar-refractivity contribution in [2.45, 2.75) is 18.4 Å². The summed E-state index contributed by atoms with van der Waals surface area (Å²) in [6, 6.07) is 7.01.